The first-order valence-electron chi connectivity index (χ1n) is 5.67. The SMILES string of the molecule is CCOC(=O)CC1C(=O)N(C(=O)O)CCC1C. The number of piperidine rings is 1. The summed E-state index contributed by atoms with van der Waals surface area (Å²) in [5.74, 6) is -1.53. The second-order valence-corrected chi connectivity index (χ2v) is 4.15. The third kappa shape index (κ3) is 3.18. The normalized spacial score (nSPS) is 24.6. The van der Waals surface area contributed by atoms with Crippen molar-refractivity contribution < 1.29 is 24.2 Å². The Kier molecular flexibility index (Phi) is 4.48. The topological polar surface area (TPSA) is 83.9 Å². The van der Waals surface area contributed by atoms with Crippen LogP contribution in [0.1, 0.15) is 26.7 Å². The third-order valence-electron chi connectivity index (χ3n) is 3.00. The lowest BCUT2D eigenvalue weighted by Gasteiger charge is -2.33. The van der Waals surface area contributed by atoms with Gasteiger partial charge in [-0.05, 0) is 19.3 Å². The van der Waals surface area contributed by atoms with Crippen LogP contribution in [0.25, 0.3) is 0 Å². The van der Waals surface area contributed by atoms with Gasteiger partial charge in [0, 0.05) is 6.54 Å². The fraction of sp³-hybridized carbons (Fsp3) is 0.727. The molecule has 17 heavy (non-hydrogen) atoms. The van der Waals surface area contributed by atoms with Crippen LogP contribution < -0.4 is 0 Å². The van der Waals surface area contributed by atoms with Gasteiger partial charge in [0.1, 0.15) is 0 Å². The van der Waals surface area contributed by atoms with E-state index in [9.17, 15) is 14.4 Å². The highest BCUT2D eigenvalue weighted by atomic mass is 16.5. The maximum Gasteiger partial charge on any atom is 0.414 e. The summed E-state index contributed by atoms with van der Waals surface area (Å²) < 4.78 is 4.78. The van der Waals surface area contributed by atoms with Crippen molar-refractivity contribution in [3.05, 3.63) is 0 Å². The molecule has 0 aliphatic carbocycles. The number of carbonyl (C=O) groups is 3. The summed E-state index contributed by atoms with van der Waals surface area (Å²) in [4.78, 5) is 34.8. The van der Waals surface area contributed by atoms with Crippen LogP contribution in [0.2, 0.25) is 0 Å². The summed E-state index contributed by atoms with van der Waals surface area (Å²) in [6, 6.07) is 0. The fourth-order valence-electron chi connectivity index (χ4n) is 1.97. The Morgan fingerprint density at radius 2 is 2.18 bits per heavy atom. The quantitative estimate of drug-likeness (QED) is 0.750. The zero-order valence-corrected chi connectivity index (χ0v) is 10.0. The van der Waals surface area contributed by atoms with Crippen LogP contribution in [0.5, 0.6) is 0 Å². The Morgan fingerprint density at radius 3 is 2.71 bits per heavy atom. The van der Waals surface area contributed by atoms with Crippen LogP contribution in [-0.4, -0.2) is 41.1 Å². The van der Waals surface area contributed by atoms with Gasteiger partial charge in [0.2, 0.25) is 5.91 Å². The van der Waals surface area contributed by atoms with Gasteiger partial charge in [-0.15, -0.1) is 0 Å². The number of nitrogens with zero attached hydrogens (tertiary/aromatic N) is 1. The number of ether oxygens (including phenoxy) is 1. The highest BCUT2D eigenvalue weighted by molar-refractivity contribution is 5.94. The molecule has 0 bridgehead atoms. The Morgan fingerprint density at radius 1 is 1.53 bits per heavy atom. The van der Waals surface area contributed by atoms with Gasteiger partial charge in [-0.1, -0.05) is 6.92 Å². The second-order valence-electron chi connectivity index (χ2n) is 4.15. The molecule has 1 rings (SSSR count). The molecule has 1 aliphatic heterocycles. The first-order valence-corrected chi connectivity index (χ1v) is 5.67. The first-order chi connectivity index (χ1) is 7.97. The number of amides is 2. The van der Waals surface area contributed by atoms with Crippen LogP contribution in [0.4, 0.5) is 4.79 Å². The summed E-state index contributed by atoms with van der Waals surface area (Å²) in [7, 11) is 0. The van der Waals surface area contributed by atoms with Crippen molar-refractivity contribution in [3.63, 3.8) is 0 Å². The zero-order valence-electron chi connectivity index (χ0n) is 10.0. The minimum atomic E-state index is -1.25. The molecule has 0 aromatic rings. The average Bonchev–Trinajstić information content (AvgIpc) is 2.24. The molecule has 0 spiro atoms. The van der Waals surface area contributed by atoms with E-state index < -0.39 is 23.9 Å². The maximum absolute atomic E-state index is 11.9. The molecule has 2 unspecified atom stereocenters. The largest absolute Gasteiger partial charge is 0.466 e. The van der Waals surface area contributed by atoms with Gasteiger partial charge in [-0.2, -0.15) is 0 Å². The molecule has 1 N–H and O–H groups in total. The number of hydrogen-bond acceptors (Lipinski definition) is 4. The van der Waals surface area contributed by atoms with Crippen molar-refractivity contribution in [2.75, 3.05) is 13.2 Å². The Balaban J connectivity index is 2.70. The minimum absolute atomic E-state index is 0.00232. The molecule has 2 atom stereocenters. The molecule has 6 nitrogen and oxygen atoms in total. The van der Waals surface area contributed by atoms with Crippen LogP contribution in [-0.2, 0) is 14.3 Å². The molecule has 1 fully saturated rings. The molecule has 0 radical (unpaired) electrons. The van der Waals surface area contributed by atoms with Crippen molar-refractivity contribution in [3.8, 4) is 0 Å². The summed E-state index contributed by atoms with van der Waals surface area (Å²) in [6.45, 7) is 4.00. The zero-order chi connectivity index (χ0) is 13.0. The lowest BCUT2D eigenvalue weighted by atomic mass is 9.84. The highest BCUT2D eigenvalue weighted by Crippen LogP contribution is 2.27. The van der Waals surface area contributed by atoms with E-state index in [1.807, 2.05) is 6.92 Å². The molecule has 1 aliphatic rings. The molecule has 96 valence electrons. The van der Waals surface area contributed by atoms with Crippen molar-refractivity contribution in [1.29, 1.82) is 0 Å². The maximum atomic E-state index is 11.9. The smallest absolute Gasteiger partial charge is 0.414 e. The third-order valence-corrected chi connectivity index (χ3v) is 3.00. The van der Waals surface area contributed by atoms with Gasteiger partial charge in [0.15, 0.2) is 0 Å². The average molecular weight is 243 g/mol. The predicted molar refractivity (Wildman–Crippen MR) is 58.3 cm³/mol. The molecule has 0 saturated carbocycles. The number of likely N-dealkylation sites (tertiary alicyclic amines) is 1. The van der Waals surface area contributed by atoms with Crippen molar-refractivity contribution in [2.24, 2.45) is 11.8 Å². The predicted octanol–water partition coefficient (Wildman–Crippen LogP) is 1.10. The molecule has 1 saturated heterocycles. The second kappa shape index (κ2) is 5.65. The number of esters is 1. The van der Waals surface area contributed by atoms with Crippen LogP contribution >= 0.6 is 0 Å². The van der Waals surface area contributed by atoms with E-state index in [4.69, 9.17) is 9.84 Å². The van der Waals surface area contributed by atoms with Crippen LogP contribution in [0.3, 0.4) is 0 Å². The Labute approximate surface area is 99.5 Å². The van der Waals surface area contributed by atoms with Gasteiger partial charge in [-0.3, -0.25) is 9.59 Å². The van der Waals surface area contributed by atoms with Crippen molar-refractivity contribution in [1.82, 2.24) is 4.90 Å². The number of carbonyl (C=O) groups excluding carboxylic acids is 2. The van der Waals surface area contributed by atoms with E-state index in [2.05, 4.69) is 0 Å². The summed E-state index contributed by atoms with van der Waals surface area (Å²) >= 11 is 0. The number of rotatable bonds is 3. The van der Waals surface area contributed by atoms with Gasteiger partial charge in [0.25, 0.3) is 0 Å². The molecule has 1 heterocycles. The van der Waals surface area contributed by atoms with Gasteiger partial charge < -0.3 is 9.84 Å². The molecule has 0 aromatic carbocycles. The van der Waals surface area contributed by atoms with Crippen molar-refractivity contribution in [2.45, 2.75) is 26.7 Å². The summed E-state index contributed by atoms with van der Waals surface area (Å²) in [5, 5.41) is 8.84. The Bertz CT molecular complexity index is 328. The van der Waals surface area contributed by atoms with E-state index in [0.29, 0.717) is 6.42 Å². The van der Waals surface area contributed by atoms with E-state index in [0.717, 1.165) is 4.90 Å². The minimum Gasteiger partial charge on any atom is -0.466 e. The van der Waals surface area contributed by atoms with E-state index >= 15 is 0 Å². The number of imide groups is 1. The summed E-state index contributed by atoms with van der Waals surface area (Å²) in [5.41, 5.74) is 0. The number of hydrogen-bond donors (Lipinski definition) is 1. The molecule has 2 amide bonds. The molecule has 0 aromatic heterocycles. The van der Waals surface area contributed by atoms with E-state index in [1.165, 1.54) is 0 Å². The summed E-state index contributed by atoms with van der Waals surface area (Å²) in [6.07, 6.45) is -0.713. The molecule has 6 heteroatoms. The standard InChI is InChI=1S/C11H17NO5/c1-3-17-9(13)6-8-7(2)4-5-12(10(8)14)11(15)16/h7-8H,3-6H2,1-2H3,(H,15,16). The lowest BCUT2D eigenvalue weighted by Crippen LogP contribution is -2.48. The highest BCUT2D eigenvalue weighted by Gasteiger charge is 2.38. The van der Waals surface area contributed by atoms with Crippen molar-refractivity contribution >= 4 is 18.0 Å². The molecular weight excluding hydrogens is 226 g/mol. The lowest BCUT2D eigenvalue weighted by molar-refractivity contribution is -0.151. The van der Waals surface area contributed by atoms with Crippen LogP contribution in [0.15, 0.2) is 0 Å². The molecular formula is C11H17NO5. The van der Waals surface area contributed by atoms with E-state index in [-0.39, 0.29) is 25.5 Å². The monoisotopic (exact) mass is 243 g/mol. The van der Waals surface area contributed by atoms with E-state index in [1.54, 1.807) is 6.92 Å². The first kappa shape index (κ1) is 13.5. The fourth-order valence-corrected chi connectivity index (χ4v) is 1.97. The Hall–Kier alpha value is -1.59. The van der Waals surface area contributed by atoms with Gasteiger partial charge >= 0.3 is 12.1 Å². The van der Waals surface area contributed by atoms with Gasteiger partial charge in [-0.25, -0.2) is 9.69 Å². The number of carboxylic acid groups (broad SMARTS) is 1. The van der Waals surface area contributed by atoms with Gasteiger partial charge in [0.05, 0.1) is 18.9 Å². The van der Waals surface area contributed by atoms with Crippen LogP contribution in [0, 0.1) is 11.8 Å².